The van der Waals surface area contributed by atoms with Crippen molar-refractivity contribution in [1.29, 1.82) is 0 Å². The Labute approximate surface area is 141 Å². The second-order valence-corrected chi connectivity index (χ2v) is 6.84. The van der Waals surface area contributed by atoms with Crippen molar-refractivity contribution < 1.29 is 9.21 Å². The van der Waals surface area contributed by atoms with E-state index in [1.165, 1.54) is 17.7 Å². The number of nitrogens with zero attached hydrogens (tertiary/aromatic N) is 2. The van der Waals surface area contributed by atoms with Gasteiger partial charge in [0.1, 0.15) is 5.76 Å². The maximum atomic E-state index is 12.9. The zero-order valence-corrected chi connectivity index (χ0v) is 13.8. The number of fused-ring (bicyclic) bond motifs is 1. The third-order valence-electron chi connectivity index (χ3n) is 5.23. The topological polar surface area (TPSA) is 74.2 Å². The summed E-state index contributed by atoms with van der Waals surface area (Å²) in [5.41, 5.74) is 2.44. The van der Waals surface area contributed by atoms with Crippen molar-refractivity contribution in [3.05, 3.63) is 41.6 Å². The monoisotopic (exact) mass is 328 g/mol. The number of urea groups is 1. The number of nitrogens with one attached hydrogen (secondary N) is 2. The SMILES string of the molecule is O=C(N[C@H]1CCc2[nH]ncc2C1)N1CCCCC[C@H]1c1ccco1. The minimum Gasteiger partial charge on any atom is -0.467 e. The van der Waals surface area contributed by atoms with Gasteiger partial charge < -0.3 is 14.6 Å². The first-order valence-electron chi connectivity index (χ1n) is 8.93. The smallest absolute Gasteiger partial charge is 0.318 e. The van der Waals surface area contributed by atoms with Crippen LogP contribution in [0.15, 0.2) is 29.0 Å². The third-order valence-corrected chi connectivity index (χ3v) is 5.23. The minimum absolute atomic E-state index is 0.0373. The lowest BCUT2D eigenvalue weighted by molar-refractivity contribution is 0.162. The van der Waals surface area contributed by atoms with Gasteiger partial charge >= 0.3 is 6.03 Å². The van der Waals surface area contributed by atoms with E-state index >= 15 is 0 Å². The Morgan fingerprint density at radius 2 is 2.29 bits per heavy atom. The minimum atomic E-state index is 0.0373. The number of aromatic amines is 1. The molecule has 1 aliphatic heterocycles. The van der Waals surface area contributed by atoms with Gasteiger partial charge in [-0.25, -0.2) is 4.79 Å². The number of likely N-dealkylation sites (tertiary alicyclic amines) is 1. The number of rotatable bonds is 2. The molecule has 128 valence electrons. The summed E-state index contributed by atoms with van der Waals surface area (Å²) in [6.07, 6.45) is 10.7. The molecule has 1 fully saturated rings. The summed E-state index contributed by atoms with van der Waals surface area (Å²) in [6, 6.07) is 4.15. The van der Waals surface area contributed by atoms with Crippen LogP contribution in [0.25, 0.3) is 0 Å². The van der Waals surface area contributed by atoms with E-state index in [1.54, 1.807) is 6.26 Å². The summed E-state index contributed by atoms with van der Waals surface area (Å²) in [5.74, 6) is 0.896. The largest absolute Gasteiger partial charge is 0.467 e. The van der Waals surface area contributed by atoms with Crippen LogP contribution in [0.3, 0.4) is 0 Å². The average molecular weight is 328 g/mol. The predicted octanol–water partition coefficient (Wildman–Crippen LogP) is 3.19. The average Bonchev–Trinajstić information content (AvgIpc) is 3.21. The molecule has 2 atom stereocenters. The number of furan rings is 1. The number of hydrogen-bond donors (Lipinski definition) is 2. The van der Waals surface area contributed by atoms with Gasteiger partial charge in [-0.15, -0.1) is 0 Å². The predicted molar refractivity (Wildman–Crippen MR) is 89.6 cm³/mol. The fourth-order valence-electron chi connectivity index (χ4n) is 3.93. The van der Waals surface area contributed by atoms with Crippen molar-refractivity contribution >= 4 is 6.03 Å². The molecule has 2 aliphatic rings. The fourth-order valence-corrected chi connectivity index (χ4v) is 3.93. The summed E-state index contributed by atoms with van der Waals surface area (Å²) >= 11 is 0. The molecular weight excluding hydrogens is 304 g/mol. The number of H-pyrrole nitrogens is 1. The summed E-state index contributed by atoms with van der Waals surface area (Å²) in [5, 5.41) is 10.4. The molecule has 0 aromatic carbocycles. The molecule has 2 aromatic heterocycles. The quantitative estimate of drug-likeness (QED) is 0.889. The van der Waals surface area contributed by atoms with Gasteiger partial charge in [0.2, 0.25) is 0 Å². The van der Waals surface area contributed by atoms with Crippen LogP contribution in [0.5, 0.6) is 0 Å². The van der Waals surface area contributed by atoms with Gasteiger partial charge in [-0.1, -0.05) is 12.8 Å². The van der Waals surface area contributed by atoms with E-state index in [0.29, 0.717) is 0 Å². The van der Waals surface area contributed by atoms with Crippen LogP contribution in [0.2, 0.25) is 0 Å². The molecule has 0 radical (unpaired) electrons. The Bertz CT molecular complexity index is 679. The third kappa shape index (κ3) is 3.05. The number of aromatic nitrogens is 2. The Hall–Kier alpha value is -2.24. The maximum Gasteiger partial charge on any atom is 0.318 e. The van der Waals surface area contributed by atoms with E-state index in [4.69, 9.17) is 4.42 Å². The highest BCUT2D eigenvalue weighted by Gasteiger charge is 2.30. The standard InChI is InChI=1S/C18H24N4O2/c23-18(20-14-7-8-15-13(11-14)12-19-21-15)22-9-3-1-2-5-16(22)17-6-4-10-24-17/h4,6,10,12,14,16H,1-3,5,7-9,11H2,(H,19,21)(H,20,23)/t14-,16-/m0/s1. The molecule has 2 N–H and O–H groups in total. The molecule has 24 heavy (non-hydrogen) atoms. The highest BCUT2D eigenvalue weighted by molar-refractivity contribution is 5.75. The molecule has 6 nitrogen and oxygen atoms in total. The maximum absolute atomic E-state index is 12.9. The van der Waals surface area contributed by atoms with Crippen LogP contribution in [0.1, 0.15) is 55.2 Å². The molecule has 2 amide bonds. The lowest BCUT2D eigenvalue weighted by atomic mass is 9.94. The van der Waals surface area contributed by atoms with Crippen LogP contribution in [-0.4, -0.2) is 33.7 Å². The van der Waals surface area contributed by atoms with Gasteiger partial charge in [-0.05, 0) is 49.8 Å². The number of hydrogen-bond acceptors (Lipinski definition) is 3. The Morgan fingerprint density at radius 3 is 3.17 bits per heavy atom. The van der Waals surface area contributed by atoms with E-state index in [0.717, 1.165) is 50.8 Å². The van der Waals surface area contributed by atoms with Crippen molar-refractivity contribution in [2.75, 3.05) is 6.54 Å². The molecule has 2 aromatic rings. The van der Waals surface area contributed by atoms with Crippen LogP contribution in [-0.2, 0) is 12.8 Å². The first-order chi connectivity index (χ1) is 11.8. The molecule has 6 heteroatoms. The molecule has 0 saturated carbocycles. The van der Waals surface area contributed by atoms with E-state index in [2.05, 4.69) is 15.5 Å². The molecule has 3 heterocycles. The zero-order chi connectivity index (χ0) is 16.4. The summed E-state index contributed by atoms with van der Waals surface area (Å²) < 4.78 is 5.60. The van der Waals surface area contributed by atoms with Gasteiger partial charge in [0.15, 0.2) is 0 Å². The second kappa shape index (κ2) is 6.71. The molecule has 0 bridgehead atoms. The summed E-state index contributed by atoms with van der Waals surface area (Å²) in [4.78, 5) is 14.9. The number of aryl methyl sites for hydroxylation is 1. The van der Waals surface area contributed by atoms with Gasteiger partial charge in [0.25, 0.3) is 0 Å². The van der Waals surface area contributed by atoms with Gasteiger partial charge in [-0.2, -0.15) is 5.10 Å². The summed E-state index contributed by atoms with van der Waals surface area (Å²) in [7, 11) is 0. The highest BCUT2D eigenvalue weighted by Crippen LogP contribution is 2.30. The summed E-state index contributed by atoms with van der Waals surface area (Å²) in [6.45, 7) is 0.793. The first-order valence-corrected chi connectivity index (χ1v) is 8.93. The van der Waals surface area contributed by atoms with Crippen molar-refractivity contribution in [2.24, 2.45) is 0 Å². The van der Waals surface area contributed by atoms with E-state index in [9.17, 15) is 4.79 Å². The van der Waals surface area contributed by atoms with Crippen molar-refractivity contribution in [2.45, 2.75) is 57.0 Å². The first kappa shape index (κ1) is 15.3. The second-order valence-electron chi connectivity index (χ2n) is 6.84. The van der Waals surface area contributed by atoms with Gasteiger partial charge in [-0.3, -0.25) is 5.10 Å². The Morgan fingerprint density at radius 1 is 1.33 bits per heavy atom. The van der Waals surface area contributed by atoms with Crippen molar-refractivity contribution in [3.8, 4) is 0 Å². The van der Waals surface area contributed by atoms with Crippen LogP contribution < -0.4 is 5.32 Å². The van der Waals surface area contributed by atoms with Gasteiger partial charge in [0.05, 0.1) is 18.5 Å². The molecule has 0 spiro atoms. The lowest BCUT2D eigenvalue weighted by Crippen LogP contribution is -2.47. The number of amides is 2. The number of carbonyl (C=O) groups is 1. The normalized spacial score (nSPS) is 24.2. The van der Waals surface area contributed by atoms with Crippen LogP contribution in [0.4, 0.5) is 4.79 Å². The van der Waals surface area contributed by atoms with Crippen molar-refractivity contribution in [3.63, 3.8) is 0 Å². The Kier molecular flexibility index (Phi) is 4.28. The van der Waals surface area contributed by atoms with Crippen molar-refractivity contribution in [1.82, 2.24) is 20.4 Å². The molecular formula is C18H24N4O2. The zero-order valence-electron chi connectivity index (χ0n) is 13.8. The molecule has 1 saturated heterocycles. The highest BCUT2D eigenvalue weighted by atomic mass is 16.3. The van der Waals surface area contributed by atoms with E-state index in [-0.39, 0.29) is 18.1 Å². The lowest BCUT2D eigenvalue weighted by Gasteiger charge is -2.32. The number of carbonyl (C=O) groups excluding carboxylic acids is 1. The molecule has 1 aliphatic carbocycles. The molecule has 4 rings (SSSR count). The van der Waals surface area contributed by atoms with Crippen LogP contribution >= 0.6 is 0 Å². The van der Waals surface area contributed by atoms with E-state index in [1.807, 2.05) is 23.2 Å². The molecule has 0 unspecified atom stereocenters. The van der Waals surface area contributed by atoms with Gasteiger partial charge in [0, 0.05) is 18.3 Å². The Balaban J connectivity index is 1.45. The van der Waals surface area contributed by atoms with Crippen LogP contribution in [0, 0.1) is 0 Å². The fraction of sp³-hybridized carbons (Fsp3) is 0.556. The van der Waals surface area contributed by atoms with E-state index < -0.39 is 0 Å².